The molecule has 2 aromatic carbocycles. The van der Waals surface area contributed by atoms with Crippen molar-refractivity contribution >= 4 is 40.8 Å². The summed E-state index contributed by atoms with van der Waals surface area (Å²) in [6, 6.07) is 12.9. The van der Waals surface area contributed by atoms with E-state index in [0.717, 1.165) is 0 Å². The first-order chi connectivity index (χ1) is 12.4. The summed E-state index contributed by atoms with van der Waals surface area (Å²) in [7, 11) is 1.29. The van der Waals surface area contributed by atoms with Crippen LogP contribution in [0.4, 0.5) is 11.4 Å². The van der Waals surface area contributed by atoms with Gasteiger partial charge in [0.25, 0.3) is 5.91 Å². The van der Waals surface area contributed by atoms with Gasteiger partial charge in [-0.3, -0.25) is 9.59 Å². The summed E-state index contributed by atoms with van der Waals surface area (Å²) in [5.41, 5.74) is 1.62. The van der Waals surface area contributed by atoms with Crippen molar-refractivity contribution in [2.75, 3.05) is 17.7 Å². The van der Waals surface area contributed by atoms with E-state index >= 15 is 0 Å². The largest absolute Gasteiger partial charge is 0.465 e. The number of hydrogen-bond donors (Lipinski definition) is 2. The maximum atomic E-state index is 12.2. The van der Waals surface area contributed by atoms with Crippen LogP contribution in [0, 0.1) is 0 Å². The molecule has 2 N–H and O–H groups in total. The molecule has 0 heterocycles. The van der Waals surface area contributed by atoms with Crippen molar-refractivity contribution in [3.63, 3.8) is 0 Å². The minimum absolute atomic E-state index is 0.224. The normalized spacial score (nSPS) is 10.8. The first-order valence-corrected chi connectivity index (χ1v) is 8.01. The standard InChI is InChI=1S/C19H17ClN2O4/c1-12(10-17(23)21-16-5-3-4-14(20)11-16)18(24)22-15-8-6-13(7-9-15)19(25)26-2/h3-11H,1-2H3,(H,21,23)(H,22,24)/b12-10+. The molecule has 0 unspecified atom stereocenters. The third kappa shape index (κ3) is 5.46. The zero-order chi connectivity index (χ0) is 19.1. The molecule has 0 aliphatic rings. The van der Waals surface area contributed by atoms with Gasteiger partial charge in [-0.25, -0.2) is 4.79 Å². The number of halogens is 1. The lowest BCUT2D eigenvalue weighted by Crippen LogP contribution is -2.16. The molecule has 6 nitrogen and oxygen atoms in total. The number of rotatable bonds is 5. The number of anilines is 2. The average Bonchev–Trinajstić information content (AvgIpc) is 2.61. The first-order valence-electron chi connectivity index (χ1n) is 7.63. The summed E-state index contributed by atoms with van der Waals surface area (Å²) in [6.07, 6.45) is 1.19. The minimum atomic E-state index is -0.461. The Morgan fingerprint density at radius 3 is 2.31 bits per heavy atom. The zero-order valence-electron chi connectivity index (χ0n) is 14.2. The maximum Gasteiger partial charge on any atom is 0.337 e. The molecule has 0 atom stereocenters. The summed E-state index contributed by atoms with van der Waals surface area (Å²) in [4.78, 5) is 35.5. The molecule has 7 heteroatoms. The number of benzene rings is 2. The monoisotopic (exact) mass is 372 g/mol. The van der Waals surface area contributed by atoms with Gasteiger partial charge < -0.3 is 15.4 Å². The molecule has 0 aliphatic heterocycles. The van der Waals surface area contributed by atoms with Gasteiger partial charge in [0.1, 0.15) is 0 Å². The van der Waals surface area contributed by atoms with E-state index in [2.05, 4.69) is 15.4 Å². The second-order valence-electron chi connectivity index (χ2n) is 5.35. The Morgan fingerprint density at radius 2 is 1.69 bits per heavy atom. The number of carbonyl (C=O) groups excluding carboxylic acids is 3. The van der Waals surface area contributed by atoms with Gasteiger partial charge in [0.15, 0.2) is 0 Å². The number of methoxy groups -OCH3 is 1. The highest BCUT2D eigenvalue weighted by Gasteiger charge is 2.09. The lowest BCUT2D eigenvalue weighted by molar-refractivity contribution is -0.114. The molecular weight excluding hydrogens is 356 g/mol. The Kier molecular flexibility index (Phi) is 6.52. The second-order valence-corrected chi connectivity index (χ2v) is 5.79. The molecule has 0 radical (unpaired) electrons. The van der Waals surface area contributed by atoms with E-state index in [0.29, 0.717) is 22.0 Å². The van der Waals surface area contributed by atoms with Crippen LogP contribution in [0.1, 0.15) is 17.3 Å². The van der Waals surface area contributed by atoms with Gasteiger partial charge in [-0.05, 0) is 49.4 Å². The highest BCUT2D eigenvalue weighted by atomic mass is 35.5. The van der Waals surface area contributed by atoms with Crippen molar-refractivity contribution < 1.29 is 19.1 Å². The van der Waals surface area contributed by atoms with Crippen molar-refractivity contribution in [1.82, 2.24) is 0 Å². The summed E-state index contributed by atoms with van der Waals surface area (Å²) >= 11 is 5.85. The van der Waals surface area contributed by atoms with E-state index in [9.17, 15) is 14.4 Å². The van der Waals surface area contributed by atoms with Gasteiger partial charge in [0, 0.05) is 28.0 Å². The van der Waals surface area contributed by atoms with Crippen LogP contribution in [-0.4, -0.2) is 24.9 Å². The van der Waals surface area contributed by atoms with Gasteiger partial charge in [-0.15, -0.1) is 0 Å². The zero-order valence-corrected chi connectivity index (χ0v) is 15.0. The van der Waals surface area contributed by atoms with Gasteiger partial charge >= 0.3 is 5.97 Å². The summed E-state index contributed by atoms with van der Waals surface area (Å²) in [6.45, 7) is 1.52. The van der Waals surface area contributed by atoms with E-state index in [1.54, 1.807) is 36.4 Å². The van der Waals surface area contributed by atoms with Crippen LogP contribution in [-0.2, 0) is 14.3 Å². The molecule has 0 bridgehead atoms. The van der Waals surface area contributed by atoms with E-state index in [-0.39, 0.29) is 5.57 Å². The number of amides is 2. The molecule has 0 aliphatic carbocycles. The number of ether oxygens (including phenoxy) is 1. The minimum Gasteiger partial charge on any atom is -0.465 e. The SMILES string of the molecule is COC(=O)c1ccc(NC(=O)/C(C)=C/C(=O)Nc2cccc(Cl)c2)cc1. The number of hydrogen-bond acceptors (Lipinski definition) is 4. The Bertz CT molecular complexity index is 860. The predicted molar refractivity (Wildman–Crippen MR) is 100 cm³/mol. The lowest BCUT2D eigenvalue weighted by Gasteiger charge is -2.07. The molecule has 0 aromatic heterocycles. The van der Waals surface area contributed by atoms with Crippen molar-refractivity contribution in [3.05, 3.63) is 70.8 Å². The van der Waals surface area contributed by atoms with E-state index in [4.69, 9.17) is 11.6 Å². The molecule has 0 fully saturated rings. The predicted octanol–water partition coefficient (Wildman–Crippen LogP) is 3.65. The smallest absolute Gasteiger partial charge is 0.337 e. The van der Waals surface area contributed by atoms with Crippen molar-refractivity contribution in [2.45, 2.75) is 6.92 Å². The quantitative estimate of drug-likeness (QED) is 0.619. The highest BCUT2D eigenvalue weighted by molar-refractivity contribution is 6.31. The van der Waals surface area contributed by atoms with Crippen LogP contribution in [0.3, 0.4) is 0 Å². The Hall–Kier alpha value is -3.12. The molecular formula is C19H17ClN2O4. The van der Waals surface area contributed by atoms with Gasteiger partial charge in [-0.2, -0.15) is 0 Å². The van der Waals surface area contributed by atoms with Gasteiger partial charge in [0.05, 0.1) is 12.7 Å². The highest BCUT2D eigenvalue weighted by Crippen LogP contribution is 2.15. The fourth-order valence-corrected chi connectivity index (χ4v) is 2.23. The molecule has 0 spiro atoms. The van der Waals surface area contributed by atoms with E-state index in [1.165, 1.54) is 32.2 Å². The lowest BCUT2D eigenvalue weighted by atomic mass is 10.2. The summed E-state index contributed by atoms with van der Waals surface area (Å²) in [5, 5.41) is 5.77. The van der Waals surface area contributed by atoms with Crippen LogP contribution >= 0.6 is 11.6 Å². The van der Waals surface area contributed by atoms with Crippen molar-refractivity contribution in [3.8, 4) is 0 Å². The van der Waals surface area contributed by atoms with Crippen LogP contribution in [0.25, 0.3) is 0 Å². The number of esters is 1. The van der Waals surface area contributed by atoms with Gasteiger partial charge in [-0.1, -0.05) is 17.7 Å². The topological polar surface area (TPSA) is 84.5 Å². The summed E-state index contributed by atoms with van der Waals surface area (Å²) < 4.78 is 4.61. The maximum absolute atomic E-state index is 12.2. The first kappa shape index (κ1) is 19.2. The van der Waals surface area contributed by atoms with Crippen molar-refractivity contribution in [2.24, 2.45) is 0 Å². The molecule has 2 amide bonds. The fourth-order valence-electron chi connectivity index (χ4n) is 2.04. The average molecular weight is 373 g/mol. The molecule has 0 saturated heterocycles. The van der Waals surface area contributed by atoms with Crippen LogP contribution < -0.4 is 10.6 Å². The molecule has 134 valence electrons. The van der Waals surface area contributed by atoms with E-state index < -0.39 is 17.8 Å². The molecule has 0 saturated carbocycles. The third-order valence-corrected chi connectivity index (χ3v) is 3.60. The fraction of sp³-hybridized carbons (Fsp3) is 0.105. The molecule has 2 rings (SSSR count). The second kappa shape index (κ2) is 8.82. The van der Waals surface area contributed by atoms with Crippen LogP contribution in [0.2, 0.25) is 5.02 Å². The van der Waals surface area contributed by atoms with E-state index in [1.807, 2.05) is 0 Å². The Labute approximate surface area is 155 Å². The number of carbonyl (C=O) groups is 3. The Morgan fingerprint density at radius 1 is 1.00 bits per heavy atom. The van der Waals surface area contributed by atoms with Crippen molar-refractivity contribution in [1.29, 1.82) is 0 Å². The molecule has 26 heavy (non-hydrogen) atoms. The van der Waals surface area contributed by atoms with Crippen LogP contribution in [0.5, 0.6) is 0 Å². The molecule has 2 aromatic rings. The third-order valence-electron chi connectivity index (χ3n) is 3.36. The number of nitrogens with one attached hydrogen (secondary N) is 2. The van der Waals surface area contributed by atoms with Gasteiger partial charge in [0.2, 0.25) is 5.91 Å². The summed E-state index contributed by atoms with van der Waals surface area (Å²) in [5.74, 6) is -1.34. The Balaban J connectivity index is 1.98. The van der Waals surface area contributed by atoms with Crippen LogP contribution in [0.15, 0.2) is 60.2 Å².